The first kappa shape index (κ1) is 74.3. The van der Waals surface area contributed by atoms with Crippen molar-refractivity contribution in [3.05, 3.63) is 30.1 Å². The SMILES string of the molecule is CC(Cl)(Cl)Cl.CC(Cl)Cl.CCCCC.CCCCCC.CCCCCCC.CCCCCCCC.ClC(Cl)=C(Cl)Cl.ClC=C(Cl)Cl.ClC=CCl. The Bertz CT molecular complexity index is 541. The van der Waals surface area contributed by atoms with E-state index in [0.717, 1.165) is 5.54 Å². The lowest BCUT2D eigenvalue weighted by molar-refractivity contribution is 0.624. The zero-order valence-electron chi connectivity index (χ0n) is 32.3. The highest BCUT2D eigenvalue weighted by molar-refractivity contribution is 6.68. The molecule has 0 amide bonds. The molecular weight excluding hydrogens is 929 g/mol. The third-order valence-electron chi connectivity index (χ3n) is 4.60. The molecular formula is C36H70Cl14. The predicted octanol–water partition coefficient (Wildman–Crippen LogP) is 22.8. The smallest absolute Gasteiger partial charge is 0.106 e. The number of hydrogen-bond acceptors (Lipinski definition) is 0. The fraction of sp³-hybridized carbons (Fsp3) is 0.833. The van der Waals surface area contributed by atoms with E-state index < -0.39 is 3.79 Å². The van der Waals surface area contributed by atoms with Crippen molar-refractivity contribution in [1.82, 2.24) is 0 Å². The Morgan fingerprint density at radius 1 is 0.440 bits per heavy atom. The maximum absolute atomic E-state index is 5.06. The Morgan fingerprint density at radius 2 is 0.580 bits per heavy atom. The molecule has 0 saturated heterocycles. The molecule has 0 rings (SSSR count). The molecule has 0 aromatic carbocycles. The molecule has 0 nitrogen and oxygen atoms in total. The number of halogens is 14. The van der Waals surface area contributed by atoms with Gasteiger partial charge in [-0.2, -0.15) is 0 Å². The second kappa shape index (κ2) is 76.9. The van der Waals surface area contributed by atoms with Crippen molar-refractivity contribution in [2.45, 2.75) is 193 Å². The van der Waals surface area contributed by atoms with Gasteiger partial charge in [-0.25, -0.2) is 0 Å². The van der Waals surface area contributed by atoms with Gasteiger partial charge in [-0.05, 0) is 13.8 Å². The van der Waals surface area contributed by atoms with Gasteiger partial charge in [-0.1, -0.05) is 310 Å². The Labute approximate surface area is 382 Å². The van der Waals surface area contributed by atoms with Gasteiger partial charge in [0.25, 0.3) is 0 Å². The molecule has 14 heteroatoms. The lowest BCUT2D eigenvalue weighted by atomic mass is 10.1. The van der Waals surface area contributed by atoms with Crippen LogP contribution < -0.4 is 0 Å². The van der Waals surface area contributed by atoms with E-state index in [1.807, 2.05) is 0 Å². The highest BCUT2D eigenvalue weighted by Gasteiger charge is 2.07. The van der Waals surface area contributed by atoms with Gasteiger partial charge in [0.2, 0.25) is 0 Å². The Morgan fingerprint density at radius 3 is 0.660 bits per heavy atom. The fourth-order valence-electron chi connectivity index (χ4n) is 2.38. The monoisotopic (exact) mass is 992 g/mol. The minimum atomic E-state index is -1.08. The largest absolute Gasteiger partial charge is 0.187 e. The highest BCUT2D eigenvalue weighted by atomic mass is 35.6. The van der Waals surface area contributed by atoms with Crippen LogP contribution in [0.3, 0.4) is 0 Å². The van der Waals surface area contributed by atoms with Crippen LogP contribution in [-0.4, -0.2) is 8.63 Å². The zero-order valence-corrected chi connectivity index (χ0v) is 42.9. The average Bonchev–Trinajstić information content (AvgIpc) is 3.03. The minimum absolute atomic E-state index is 0.0895. The quantitative estimate of drug-likeness (QED) is 0.120. The van der Waals surface area contributed by atoms with Crippen molar-refractivity contribution in [3.63, 3.8) is 0 Å². The number of alkyl halides is 5. The second-order valence-electron chi connectivity index (χ2n) is 10.0. The van der Waals surface area contributed by atoms with Crippen LogP contribution in [0.2, 0.25) is 0 Å². The van der Waals surface area contributed by atoms with E-state index in [0.29, 0.717) is 0 Å². The number of unbranched alkanes of at least 4 members (excludes halogenated alkanes) is 14. The summed E-state index contributed by atoms with van der Waals surface area (Å²) in [5.74, 6) is 0. The van der Waals surface area contributed by atoms with Crippen LogP contribution in [0.5, 0.6) is 0 Å². The fourth-order valence-corrected chi connectivity index (χ4v) is 2.38. The summed E-state index contributed by atoms with van der Waals surface area (Å²) in [6.07, 6.45) is 25.1. The first-order chi connectivity index (χ1) is 23.2. The van der Waals surface area contributed by atoms with Crippen LogP contribution in [-0.2, 0) is 0 Å². The normalized spacial score (nSPS) is 9.14. The molecule has 0 atom stereocenters. The van der Waals surface area contributed by atoms with Crippen molar-refractivity contribution < 1.29 is 0 Å². The van der Waals surface area contributed by atoms with Crippen molar-refractivity contribution in [2.75, 3.05) is 0 Å². The summed E-state index contributed by atoms with van der Waals surface area (Å²) >= 11 is 69.8. The molecule has 0 heterocycles. The molecule has 0 N–H and O–H groups in total. The first-order valence-corrected chi connectivity index (χ1v) is 23.0. The summed E-state index contributed by atoms with van der Waals surface area (Å²) in [7, 11) is 0. The van der Waals surface area contributed by atoms with Gasteiger partial charge in [-0.15, -0.1) is 23.2 Å². The van der Waals surface area contributed by atoms with E-state index in [1.165, 1.54) is 134 Å². The Hall–Kier alpha value is 3.28. The molecule has 0 aliphatic carbocycles. The van der Waals surface area contributed by atoms with E-state index >= 15 is 0 Å². The second-order valence-corrected chi connectivity index (χ2v) is 18.0. The summed E-state index contributed by atoms with van der Waals surface area (Å²) < 4.78 is -1.19. The summed E-state index contributed by atoms with van der Waals surface area (Å²) in [6.45, 7) is 21.1. The van der Waals surface area contributed by atoms with E-state index in [-0.39, 0.29) is 18.3 Å². The van der Waals surface area contributed by atoms with E-state index in [2.05, 4.69) is 55.4 Å². The molecule has 0 aliphatic rings. The molecule has 0 aliphatic heterocycles. The third-order valence-corrected chi connectivity index (χ3v) is 6.79. The van der Waals surface area contributed by atoms with Crippen LogP contribution in [0.4, 0.5) is 0 Å². The predicted molar refractivity (Wildman–Crippen MR) is 253 cm³/mol. The average molecular weight is 999 g/mol. The van der Waals surface area contributed by atoms with Crippen LogP contribution in [0.15, 0.2) is 30.1 Å². The van der Waals surface area contributed by atoms with Crippen molar-refractivity contribution in [2.24, 2.45) is 0 Å². The van der Waals surface area contributed by atoms with E-state index in [9.17, 15) is 0 Å². The van der Waals surface area contributed by atoms with E-state index in [1.54, 1.807) is 6.92 Å². The van der Waals surface area contributed by atoms with Crippen LogP contribution >= 0.6 is 162 Å². The molecule has 0 aromatic rings. The Kier molecular flexibility index (Phi) is 114. The van der Waals surface area contributed by atoms with Crippen LogP contribution in [0.1, 0.15) is 185 Å². The molecule has 50 heavy (non-hydrogen) atoms. The summed E-state index contributed by atoms with van der Waals surface area (Å²) in [6, 6.07) is 0. The minimum Gasteiger partial charge on any atom is -0.106 e. The molecule has 0 bridgehead atoms. The van der Waals surface area contributed by atoms with Crippen LogP contribution in [0, 0.1) is 0 Å². The standard InChI is InChI=1S/C8H18.C7H16.C6H14.C5H12.C2Cl4.C2H3Cl3.C2HCl3.C2H4Cl2.C2H2Cl2/c1-3-5-7-8-6-4-2;1-3-5-7-6-4-2;1-3-5-6-4-2;1-3-5-4-2;3-1(4)2(5)6;1-2(3,4)5;3-1-2(4)5;1-2(3)4;3-1-2-4/h3-8H2,1-2H3;3-7H2,1-2H3;3-6H2,1-2H3;3-5H2,1-2H3;;1H3;1H;2H,1H3;1-2H. The third kappa shape index (κ3) is 220. The van der Waals surface area contributed by atoms with Crippen LogP contribution in [0.25, 0.3) is 0 Å². The maximum atomic E-state index is 5.06. The molecule has 0 radical (unpaired) electrons. The molecule has 312 valence electrons. The summed E-state index contributed by atoms with van der Waals surface area (Å²) in [4.78, 5) is -0.222. The Balaban J connectivity index is -0.0000000545. The van der Waals surface area contributed by atoms with Gasteiger partial charge < -0.3 is 0 Å². The molecule has 0 spiro atoms. The first-order valence-electron chi connectivity index (χ1n) is 17.4. The van der Waals surface area contributed by atoms with Gasteiger partial charge >= 0.3 is 0 Å². The van der Waals surface area contributed by atoms with Gasteiger partial charge in [0.1, 0.15) is 18.3 Å². The topological polar surface area (TPSA) is 0 Å². The van der Waals surface area contributed by atoms with Crippen molar-refractivity contribution in [3.8, 4) is 0 Å². The lowest BCUT2D eigenvalue weighted by Gasteiger charge is -1.94. The van der Waals surface area contributed by atoms with Gasteiger partial charge in [0.15, 0.2) is 3.79 Å². The van der Waals surface area contributed by atoms with Crippen molar-refractivity contribution >= 4 is 162 Å². The number of rotatable bonds is 14. The zero-order chi connectivity index (χ0) is 41.7. The van der Waals surface area contributed by atoms with Gasteiger partial charge in [0.05, 0.1) is 0 Å². The highest BCUT2D eigenvalue weighted by Crippen LogP contribution is 2.23. The molecule has 0 fully saturated rings. The lowest BCUT2D eigenvalue weighted by Crippen LogP contribution is -1.87. The van der Waals surface area contributed by atoms with Crippen molar-refractivity contribution in [1.29, 1.82) is 0 Å². The summed E-state index contributed by atoms with van der Waals surface area (Å²) in [5, 5.41) is 0. The molecule has 0 aromatic heterocycles. The molecule has 0 saturated carbocycles. The van der Waals surface area contributed by atoms with E-state index in [4.69, 9.17) is 162 Å². The maximum Gasteiger partial charge on any atom is 0.187 e. The van der Waals surface area contributed by atoms with Gasteiger partial charge in [0, 0.05) is 16.6 Å². The molecule has 0 unspecified atom stereocenters. The number of hydrogen-bond donors (Lipinski definition) is 0. The summed E-state index contributed by atoms with van der Waals surface area (Å²) in [5.41, 5.74) is 3.56. The van der Waals surface area contributed by atoms with Gasteiger partial charge in [-0.3, -0.25) is 0 Å².